The predicted molar refractivity (Wildman–Crippen MR) is 117 cm³/mol. The Labute approximate surface area is 190 Å². The minimum Gasteiger partial charge on any atom is -0.493 e. The minimum absolute atomic E-state index is 0.0852. The van der Waals surface area contributed by atoms with E-state index < -0.39 is 22.0 Å². The Morgan fingerprint density at radius 1 is 1.31 bits per heavy atom. The lowest BCUT2D eigenvalue weighted by molar-refractivity contribution is -0.138. The highest BCUT2D eigenvalue weighted by molar-refractivity contribution is 7.89. The SMILES string of the molecule is Cc1nn(C)c(Cl)c1S(=O)(=O)NC(Cc1ccc(OCCCON=C(N)N)cc1)C(=O)O. The summed E-state index contributed by atoms with van der Waals surface area (Å²) in [6.45, 7) is 2.10. The maximum absolute atomic E-state index is 12.7. The Morgan fingerprint density at radius 3 is 2.50 bits per heavy atom. The summed E-state index contributed by atoms with van der Waals surface area (Å²) in [6, 6.07) is 5.20. The van der Waals surface area contributed by atoms with Gasteiger partial charge >= 0.3 is 5.97 Å². The number of nitrogens with one attached hydrogen (secondary N) is 1. The molecule has 176 valence electrons. The zero-order chi connectivity index (χ0) is 23.9. The summed E-state index contributed by atoms with van der Waals surface area (Å²) in [5, 5.41) is 16.8. The van der Waals surface area contributed by atoms with Crippen LogP contribution in [-0.2, 0) is 33.1 Å². The first kappa shape index (κ1) is 25.2. The number of carboxylic acid groups (broad SMARTS) is 1. The molecule has 1 atom stereocenters. The molecule has 14 heteroatoms. The van der Waals surface area contributed by atoms with Crippen LogP contribution in [0.1, 0.15) is 17.7 Å². The molecular weight excluding hydrogens is 464 g/mol. The Bertz CT molecular complexity index is 1070. The Hall–Kier alpha value is -3.03. The van der Waals surface area contributed by atoms with Gasteiger partial charge in [-0.15, -0.1) is 0 Å². The summed E-state index contributed by atoms with van der Waals surface area (Å²) >= 11 is 6.02. The number of aliphatic carboxylic acids is 1. The molecular formula is C18H25ClN6O6S. The van der Waals surface area contributed by atoms with Crippen molar-refractivity contribution in [3.05, 3.63) is 40.7 Å². The third-order valence-electron chi connectivity index (χ3n) is 4.15. The van der Waals surface area contributed by atoms with Crippen LogP contribution in [0.25, 0.3) is 0 Å². The van der Waals surface area contributed by atoms with Crippen molar-refractivity contribution in [2.45, 2.75) is 30.7 Å². The van der Waals surface area contributed by atoms with Crippen molar-refractivity contribution >= 4 is 33.6 Å². The van der Waals surface area contributed by atoms with Crippen LogP contribution in [0.4, 0.5) is 0 Å². The maximum atomic E-state index is 12.7. The van der Waals surface area contributed by atoms with Crippen molar-refractivity contribution < 1.29 is 27.9 Å². The van der Waals surface area contributed by atoms with Crippen LogP contribution in [0.3, 0.4) is 0 Å². The minimum atomic E-state index is -4.21. The normalized spacial score (nSPS) is 12.2. The number of ether oxygens (including phenoxy) is 1. The number of carbonyl (C=O) groups is 1. The molecule has 6 N–H and O–H groups in total. The van der Waals surface area contributed by atoms with E-state index in [-0.39, 0.29) is 34.7 Å². The number of rotatable bonds is 12. The van der Waals surface area contributed by atoms with Gasteiger partial charge in [0, 0.05) is 13.5 Å². The molecule has 0 fully saturated rings. The molecule has 0 spiro atoms. The monoisotopic (exact) mass is 488 g/mol. The quantitative estimate of drug-likeness (QED) is 0.141. The van der Waals surface area contributed by atoms with Gasteiger partial charge in [0.05, 0.1) is 12.3 Å². The van der Waals surface area contributed by atoms with Crippen LogP contribution >= 0.6 is 11.6 Å². The van der Waals surface area contributed by atoms with E-state index in [1.54, 1.807) is 24.3 Å². The molecule has 0 aliphatic heterocycles. The first-order valence-corrected chi connectivity index (χ1v) is 11.2. The van der Waals surface area contributed by atoms with Crippen molar-refractivity contribution in [1.82, 2.24) is 14.5 Å². The largest absolute Gasteiger partial charge is 0.493 e. The number of benzene rings is 1. The summed E-state index contributed by atoms with van der Waals surface area (Å²) in [5.74, 6) is -0.935. The van der Waals surface area contributed by atoms with Gasteiger partial charge in [0.2, 0.25) is 16.0 Å². The average molecular weight is 489 g/mol. The molecule has 0 saturated heterocycles. The number of guanidine groups is 1. The summed E-state index contributed by atoms with van der Waals surface area (Å²) in [7, 11) is -2.72. The molecule has 0 saturated carbocycles. The Kier molecular flexibility index (Phi) is 8.69. The fourth-order valence-electron chi connectivity index (χ4n) is 2.73. The molecule has 0 aliphatic rings. The van der Waals surface area contributed by atoms with Crippen molar-refractivity contribution in [3.63, 3.8) is 0 Å². The van der Waals surface area contributed by atoms with Crippen LogP contribution in [0.2, 0.25) is 5.15 Å². The van der Waals surface area contributed by atoms with Crippen LogP contribution in [0.15, 0.2) is 34.3 Å². The van der Waals surface area contributed by atoms with E-state index in [0.717, 1.165) is 0 Å². The zero-order valence-electron chi connectivity index (χ0n) is 17.5. The summed E-state index contributed by atoms with van der Waals surface area (Å²) in [4.78, 5) is 16.3. The average Bonchev–Trinajstić information content (AvgIpc) is 2.97. The second-order valence-electron chi connectivity index (χ2n) is 6.74. The van der Waals surface area contributed by atoms with E-state index in [4.69, 9.17) is 32.6 Å². The molecule has 1 heterocycles. The van der Waals surface area contributed by atoms with E-state index >= 15 is 0 Å². The standard InChI is InChI=1S/C18H25ClN6O6S/c1-11-15(16(19)25(2)22-11)32(28,29)24-14(17(26)27)10-12-4-6-13(7-5-12)30-8-3-9-31-23-18(20)21/h4-7,14,24H,3,8-10H2,1-2H3,(H,26,27)(H4,20,21,23). The van der Waals surface area contributed by atoms with Crippen molar-refractivity contribution in [1.29, 1.82) is 0 Å². The van der Waals surface area contributed by atoms with Gasteiger partial charge in [-0.2, -0.15) is 9.82 Å². The Balaban J connectivity index is 1.98. The second kappa shape index (κ2) is 11.0. The van der Waals surface area contributed by atoms with Gasteiger partial charge in [-0.05, 0) is 36.2 Å². The van der Waals surface area contributed by atoms with Crippen LogP contribution in [-0.4, -0.2) is 54.5 Å². The van der Waals surface area contributed by atoms with Crippen LogP contribution in [0, 0.1) is 6.92 Å². The number of halogens is 1. The number of aryl methyl sites for hydroxylation is 2. The van der Waals surface area contributed by atoms with E-state index in [2.05, 4.69) is 15.0 Å². The molecule has 0 aliphatic carbocycles. The van der Waals surface area contributed by atoms with E-state index in [1.165, 1.54) is 18.7 Å². The van der Waals surface area contributed by atoms with E-state index in [1.807, 2.05) is 0 Å². The number of nitrogens with two attached hydrogens (primary N) is 2. The molecule has 1 aromatic heterocycles. The fourth-order valence-corrected chi connectivity index (χ4v) is 4.67. The third kappa shape index (κ3) is 7.00. The first-order valence-electron chi connectivity index (χ1n) is 9.38. The highest BCUT2D eigenvalue weighted by Gasteiger charge is 2.30. The van der Waals surface area contributed by atoms with Crippen molar-refractivity contribution in [3.8, 4) is 5.75 Å². The van der Waals surface area contributed by atoms with Gasteiger partial charge in [-0.25, -0.2) is 8.42 Å². The smallest absolute Gasteiger partial charge is 0.322 e. The highest BCUT2D eigenvalue weighted by Crippen LogP contribution is 2.24. The number of sulfonamides is 1. The van der Waals surface area contributed by atoms with Gasteiger partial charge in [0.15, 0.2) is 0 Å². The van der Waals surface area contributed by atoms with Gasteiger partial charge in [0.1, 0.15) is 28.4 Å². The lowest BCUT2D eigenvalue weighted by Gasteiger charge is -2.15. The number of aromatic nitrogens is 2. The second-order valence-corrected chi connectivity index (χ2v) is 8.75. The molecule has 0 radical (unpaired) electrons. The van der Waals surface area contributed by atoms with E-state index in [9.17, 15) is 18.3 Å². The number of hydrogen-bond acceptors (Lipinski definition) is 7. The lowest BCUT2D eigenvalue weighted by Crippen LogP contribution is -2.42. The van der Waals surface area contributed by atoms with Crippen molar-refractivity contribution in [2.75, 3.05) is 13.2 Å². The number of hydrogen-bond donors (Lipinski definition) is 4. The van der Waals surface area contributed by atoms with Gasteiger partial charge < -0.3 is 26.1 Å². The van der Waals surface area contributed by atoms with E-state index in [0.29, 0.717) is 24.3 Å². The summed E-state index contributed by atoms with van der Waals surface area (Å²) in [6.07, 6.45) is 0.454. The molecule has 1 unspecified atom stereocenters. The zero-order valence-corrected chi connectivity index (χ0v) is 19.1. The van der Waals surface area contributed by atoms with Crippen molar-refractivity contribution in [2.24, 2.45) is 23.7 Å². The number of nitrogens with zero attached hydrogens (tertiary/aromatic N) is 3. The molecule has 2 aromatic rings. The van der Waals surface area contributed by atoms with Crippen LogP contribution in [0.5, 0.6) is 5.75 Å². The molecule has 2 rings (SSSR count). The number of oxime groups is 1. The molecule has 12 nitrogen and oxygen atoms in total. The molecule has 0 bridgehead atoms. The molecule has 0 amide bonds. The fraction of sp³-hybridized carbons (Fsp3) is 0.389. The van der Waals surface area contributed by atoms with Gasteiger partial charge in [-0.1, -0.05) is 23.7 Å². The maximum Gasteiger partial charge on any atom is 0.322 e. The first-order chi connectivity index (χ1) is 15.0. The molecule has 1 aromatic carbocycles. The highest BCUT2D eigenvalue weighted by atomic mass is 35.5. The predicted octanol–water partition coefficient (Wildman–Crippen LogP) is 0.330. The topological polar surface area (TPSA) is 184 Å². The lowest BCUT2D eigenvalue weighted by atomic mass is 10.1. The van der Waals surface area contributed by atoms with Gasteiger partial charge in [0.25, 0.3) is 0 Å². The third-order valence-corrected chi connectivity index (χ3v) is 6.31. The van der Waals surface area contributed by atoms with Gasteiger partial charge in [-0.3, -0.25) is 9.48 Å². The Morgan fingerprint density at radius 2 is 1.97 bits per heavy atom. The summed E-state index contributed by atoms with van der Waals surface area (Å²) < 4.78 is 34.4. The number of carboxylic acids is 1. The summed E-state index contributed by atoms with van der Waals surface area (Å²) in [5.41, 5.74) is 11.0. The van der Waals surface area contributed by atoms with Crippen LogP contribution < -0.4 is 20.9 Å². The molecule has 32 heavy (non-hydrogen) atoms.